The van der Waals surface area contributed by atoms with E-state index < -0.39 is 21.8 Å². The fourth-order valence-electron chi connectivity index (χ4n) is 2.85. The van der Waals surface area contributed by atoms with Crippen molar-refractivity contribution in [3.63, 3.8) is 0 Å². The predicted octanol–water partition coefficient (Wildman–Crippen LogP) is 3.65. The molecule has 7 heteroatoms. The van der Waals surface area contributed by atoms with Crippen molar-refractivity contribution < 1.29 is 22.1 Å². The van der Waals surface area contributed by atoms with Gasteiger partial charge in [-0.25, -0.2) is 4.79 Å². The van der Waals surface area contributed by atoms with Gasteiger partial charge >= 0.3 is 6.09 Å². The van der Waals surface area contributed by atoms with Crippen molar-refractivity contribution in [3.8, 4) is 0 Å². The zero-order valence-electron chi connectivity index (χ0n) is 15.8. The molecule has 144 valence electrons. The second kappa shape index (κ2) is 7.80. The summed E-state index contributed by atoms with van der Waals surface area (Å²) in [6, 6.07) is 5.88. The molecule has 1 aromatic rings. The van der Waals surface area contributed by atoms with Gasteiger partial charge in [0.1, 0.15) is 5.60 Å². The van der Waals surface area contributed by atoms with Crippen molar-refractivity contribution in [2.45, 2.75) is 63.1 Å². The molecule has 1 aliphatic rings. The highest BCUT2D eigenvalue weighted by atomic mass is 32.2. The van der Waals surface area contributed by atoms with Gasteiger partial charge in [0.15, 0.2) is 0 Å². The lowest BCUT2D eigenvalue weighted by molar-refractivity contribution is 0.0140. The van der Waals surface area contributed by atoms with Gasteiger partial charge in [0.2, 0.25) is 0 Å². The minimum atomic E-state index is -3.88. The van der Waals surface area contributed by atoms with Crippen molar-refractivity contribution in [2.24, 2.45) is 0 Å². The molecule has 1 amide bonds. The van der Waals surface area contributed by atoms with E-state index in [1.165, 1.54) is 17.0 Å². The molecule has 2 atom stereocenters. The second-order valence-electron chi connectivity index (χ2n) is 7.47. The third-order valence-corrected chi connectivity index (χ3v) is 5.44. The Hall–Kier alpha value is -1.86. The van der Waals surface area contributed by atoms with Crippen LogP contribution in [-0.4, -0.2) is 43.7 Å². The highest BCUT2D eigenvalue weighted by molar-refractivity contribution is 7.86. The summed E-state index contributed by atoms with van der Waals surface area (Å²) in [7, 11) is -3.88. The molecule has 1 fully saturated rings. The first-order valence-electron chi connectivity index (χ1n) is 8.63. The van der Waals surface area contributed by atoms with E-state index in [9.17, 15) is 13.2 Å². The number of nitrogens with zero attached hydrogens (tertiary/aromatic N) is 1. The molecule has 1 aliphatic heterocycles. The number of carbonyl (C=O) groups excluding carboxylic acids is 1. The van der Waals surface area contributed by atoms with Crippen LogP contribution in [0.15, 0.2) is 41.8 Å². The summed E-state index contributed by atoms with van der Waals surface area (Å²) >= 11 is 0. The van der Waals surface area contributed by atoms with Crippen LogP contribution in [0.5, 0.6) is 0 Å². The van der Waals surface area contributed by atoms with Crippen molar-refractivity contribution in [1.29, 1.82) is 0 Å². The molecular formula is C19H27NO5S. The average molecular weight is 381 g/mol. The summed E-state index contributed by atoms with van der Waals surface area (Å²) in [6.07, 6.45) is 2.51. The Morgan fingerprint density at radius 3 is 2.42 bits per heavy atom. The Morgan fingerprint density at radius 2 is 1.88 bits per heavy atom. The highest BCUT2D eigenvalue weighted by Gasteiger charge is 2.38. The molecule has 26 heavy (non-hydrogen) atoms. The van der Waals surface area contributed by atoms with E-state index in [1.54, 1.807) is 39.0 Å². The van der Waals surface area contributed by atoms with Crippen molar-refractivity contribution in [2.75, 3.05) is 6.61 Å². The number of hydrogen-bond donors (Lipinski definition) is 0. The van der Waals surface area contributed by atoms with E-state index in [2.05, 4.69) is 6.58 Å². The molecule has 0 aliphatic carbocycles. The minimum absolute atomic E-state index is 0.102. The normalized spacial score (nSPS) is 20.8. The Morgan fingerprint density at radius 1 is 1.27 bits per heavy atom. The number of hydrogen-bond acceptors (Lipinski definition) is 5. The average Bonchev–Trinajstić information content (AvgIpc) is 2.95. The number of carbonyl (C=O) groups is 1. The predicted molar refractivity (Wildman–Crippen MR) is 99.4 cm³/mol. The van der Waals surface area contributed by atoms with E-state index >= 15 is 0 Å². The number of ether oxygens (including phenoxy) is 1. The maximum atomic E-state index is 12.5. The molecule has 0 radical (unpaired) electrons. The molecule has 0 N–H and O–H groups in total. The fraction of sp³-hybridized carbons (Fsp3) is 0.526. The molecule has 0 saturated carbocycles. The van der Waals surface area contributed by atoms with Crippen LogP contribution in [0.1, 0.15) is 39.2 Å². The lowest BCUT2D eigenvalue weighted by atomic mass is 10.2. The number of amides is 1. The standard InChI is InChI=1S/C19H27NO5S/c1-6-15-9-10-16(20(15)18(21)25-19(3,4)5)13-24-26(22,23)17-11-7-14(2)8-12-17/h6-8,11-12,15-16H,1,9-10,13H2,2-5H3/t15-,16+/m0/s1. The first kappa shape index (κ1) is 20.5. The maximum absolute atomic E-state index is 12.5. The third kappa shape index (κ3) is 5.08. The van der Waals surface area contributed by atoms with Gasteiger partial charge in [-0.3, -0.25) is 9.08 Å². The second-order valence-corrected chi connectivity index (χ2v) is 9.09. The van der Waals surface area contributed by atoms with Crippen LogP contribution in [-0.2, 0) is 19.0 Å². The van der Waals surface area contributed by atoms with Crippen molar-refractivity contribution in [3.05, 3.63) is 42.5 Å². The smallest absolute Gasteiger partial charge is 0.411 e. The van der Waals surface area contributed by atoms with Gasteiger partial charge in [0, 0.05) is 0 Å². The molecular weight excluding hydrogens is 354 g/mol. The van der Waals surface area contributed by atoms with E-state index in [-0.39, 0.29) is 23.6 Å². The lowest BCUT2D eigenvalue weighted by Crippen LogP contribution is -2.45. The number of rotatable bonds is 5. The quantitative estimate of drug-likeness (QED) is 0.575. The first-order valence-corrected chi connectivity index (χ1v) is 10.0. The van der Waals surface area contributed by atoms with Crippen LogP contribution in [0.2, 0.25) is 0 Å². The molecule has 0 aromatic heterocycles. The van der Waals surface area contributed by atoms with Crippen LogP contribution < -0.4 is 0 Å². The summed E-state index contributed by atoms with van der Waals surface area (Å²) in [4.78, 5) is 14.2. The first-order chi connectivity index (χ1) is 12.0. The summed E-state index contributed by atoms with van der Waals surface area (Å²) in [5.41, 5.74) is 0.329. The van der Waals surface area contributed by atoms with E-state index in [0.29, 0.717) is 12.8 Å². The molecule has 0 bridgehead atoms. The summed E-state index contributed by atoms with van der Waals surface area (Å²) in [5, 5.41) is 0. The summed E-state index contributed by atoms with van der Waals surface area (Å²) < 4.78 is 35.4. The minimum Gasteiger partial charge on any atom is -0.444 e. The van der Waals surface area contributed by atoms with Gasteiger partial charge in [0.05, 0.1) is 23.6 Å². The van der Waals surface area contributed by atoms with Gasteiger partial charge in [-0.15, -0.1) is 6.58 Å². The summed E-state index contributed by atoms with van der Waals surface area (Å²) in [5.74, 6) is 0. The van der Waals surface area contributed by atoms with Gasteiger partial charge in [-0.1, -0.05) is 23.8 Å². The van der Waals surface area contributed by atoms with Gasteiger partial charge in [-0.2, -0.15) is 8.42 Å². The molecule has 1 heterocycles. The monoisotopic (exact) mass is 381 g/mol. The molecule has 6 nitrogen and oxygen atoms in total. The molecule has 1 aromatic carbocycles. The molecule has 2 rings (SSSR count). The third-order valence-electron chi connectivity index (χ3n) is 4.15. The molecule has 1 saturated heterocycles. The van der Waals surface area contributed by atoms with E-state index in [1.807, 2.05) is 6.92 Å². The number of likely N-dealkylation sites (tertiary alicyclic amines) is 1. The SMILES string of the molecule is C=C[C@H]1CC[C@H](COS(=O)(=O)c2ccc(C)cc2)N1C(=O)OC(C)(C)C. The topological polar surface area (TPSA) is 72.9 Å². The van der Waals surface area contributed by atoms with Gasteiger partial charge < -0.3 is 4.74 Å². The van der Waals surface area contributed by atoms with Crippen LogP contribution in [0.4, 0.5) is 4.79 Å². The maximum Gasteiger partial charge on any atom is 0.411 e. The Balaban J connectivity index is 2.10. The van der Waals surface area contributed by atoms with Crippen molar-refractivity contribution >= 4 is 16.2 Å². The molecule has 0 spiro atoms. The van der Waals surface area contributed by atoms with Crippen LogP contribution >= 0.6 is 0 Å². The number of aryl methyl sites for hydroxylation is 1. The van der Waals surface area contributed by atoms with Crippen molar-refractivity contribution in [1.82, 2.24) is 4.90 Å². The highest BCUT2D eigenvalue weighted by Crippen LogP contribution is 2.28. The molecule has 0 unspecified atom stereocenters. The van der Waals surface area contributed by atoms with Crippen LogP contribution in [0.25, 0.3) is 0 Å². The van der Waals surface area contributed by atoms with E-state index in [4.69, 9.17) is 8.92 Å². The van der Waals surface area contributed by atoms with E-state index in [0.717, 1.165) is 5.56 Å². The Bertz CT molecular complexity index is 749. The summed E-state index contributed by atoms with van der Waals surface area (Å²) in [6.45, 7) is 10.9. The van der Waals surface area contributed by atoms with Crippen LogP contribution in [0.3, 0.4) is 0 Å². The Labute approximate surface area is 155 Å². The lowest BCUT2D eigenvalue weighted by Gasteiger charge is -2.31. The largest absolute Gasteiger partial charge is 0.444 e. The van der Waals surface area contributed by atoms with Crippen LogP contribution in [0, 0.1) is 6.92 Å². The number of benzene rings is 1. The Kier molecular flexibility index (Phi) is 6.13. The van der Waals surface area contributed by atoms with Gasteiger partial charge in [0.25, 0.3) is 10.1 Å². The zero-order valence-corrected chi connectivity index (χ0v) is 16.6. The zero-order chi connectivity index (χ0) is 19.5. The van der Waals surface area contributed by atoms with Gasteiger partial charge in [-0.05, 0) is 52.7 Å². The fourth-order valence-corrected chi connectivity index (χ4v) is 3.79.